The third-order valence-corrected chi connectivity index (χ3v) is 2.73. The zero-order chi connectivity index (χ0) is 10.8. The lowest BCUT2D eigenvalue weighted by Crippen LogP contribution is -1.92. The molecule has 0 spiro atoms. The van der Waals surface area contributed by atoms with Crippen LogP contribution in [0.25, 0.3) is 10.8 Å². The zero-order valence-electron chi connectivity index (χ0n) is 8.89. The molecule has 0 radical (unpaired) electrons. The van der Waals surface area contributed by atoms with E-state index in [4.69, 9.17) is 4.74 Å². The number of hydrogen-bond donors (Lipinski definition) is 0. The highest BCUT2D eigenvalue weighted by Crippen LogP contribution is 2.28. The van der Waals surface area contributed by atoms with E-state index in [1.807, 2.05) is 36.4 Å². The topological polar surface area (TPSA) is 9.23 Å². The molecule has 0 aromatic heterocycles. The molecule has 0 amide bonds. The van der Waals surface area contributed by atoms with E-state index in [-0.39, 0.29) is 0 Å². The molecule has 0 heterocycles. The molecule has 2 aromatic carbocycles. The van der Waals surface area contributed by atoms with E-state index in [1.165, 1.54) is 5.39 Å². The van der Waals surface area contributed by atoms with Crippen molar-refractivity contribution in [3.8, 4) is 5.75 Å². The van der Waals surface area contributed by atoms with Gasteiger partial charge in [0.05, 0.1) is 0 Å². The van der Waals surface area contributed by atoms with Gasteiger partial charge < -0.3 is 4.74 Å². The largest absolute Gasteiger partial charge is 0.461 e. The van der Waals surface area contributed by atoms with Crippen LogP contribution in [0, 0.1) is 0 Å². The van der Waals surface area contributed by atoms with Crippen molar-refractivity contribution in [2.45, 2.75) is 6.42 Å². The Kier molecular flexibility index (Phi) is 2.22. The van der Waals surface area contributed by atoms with Crippen molar-refractivity contribution in [2.24, 2.45) is 0 Å². The summed E-state index contributed by atoms with van der Waals surface area (Å²) in [5, 5.41) is 2.38. The van der Waals surface area contributed by atoms with Crippen LogP contribution in [0.1, 0.15) is 6.42 Å². The minimum atomic E-state index is 0.892. The van der Waals surface area contributed by atoms with Crippen molar-refractivity contribution in [1.82, 2.24) is 0 Å². The molecule has 1 aliphatic carbocycles. The van der Waals surface area contributed by atoms with Gasteiger partial charge in [-0.1, -0.05) is 48.6 Å². The Balaban J connectivity index is 2.03. The Morgan fingerprint density at radius 1 is 0.938 bits per heavy atom. The molecule has 1 heteroatoms. The molecule has 3 rings (SSSR count). The van der Waals surface area contributed by atoms with E-state index >= 15 is 0 Å². The van der Waals surface area contributed by atoms with Gasteiger partial charge in [0.1, 0.15) is 11.5 Å². The SMILES string of the molecule is C1=CCC(Oc2cccc3ccccc23)=C1. The van der Waals surface area contributed by atoms with E-state index in [0.717, 1.165) is 23.3 Å². The second-order valence-corrected chi connectivity index (χ2v) is 3.84. The van der Waals surface area contributed by atoms with Crippen molar-refractivity contribution >= 4 is 10.8 Å². The standard InChI is InChI=1S/C15H12O/c1-4-10-14-12(6-1)7-5-11-15(14)16-13-8-2-3-9-13/h1-8,10-11H,9H2. The van der Waals surface area contributed by atoms with Crippen LogP contribution < -0.4 is 4.74 Å². The van der Waals surface area contributed by atoms with Crippen LogP contribution in [0.4, 0.5) is 0 Å². The highest BCUT2D eigenvalue weighted by Gasteiger charge is 2.05. The van der Waals surface area contributed by atoms with Crippen LogP contribution in [0.2, 0.25) is 0 Å². The normalized spacial score (nSPS) is 14.1. The predicted octanol–water partition coefficient (Wildman–Crippen LogP) is 4.06. The number of fused-ring (bicyclic) bond motifs is 1. The number of benzene rings is 2. The maximum Gasteiger partial charge on any atom is 0.134 e. The molecular weight excluding hydrogens is 196 g/mol. The molecular formula is C15H12O. The molecule has 1 nitrogen and oxygen atoms in total. The third-order valence-electron chi connectivity index (χ3n) is 2.73. The van der Waals surface area contributed by atoms with Gasteiger partial charge >= 0.3 is 0 Å². The summed E-state index contributed by atoms with van der Waals surface area (Å²) in [4.78, 5) is 0. The van der Waals surface area contributed by atoms with Crippen molar-refractivity contribution < 1.29 is 4.74 Å². The molecule has 78 valence electrons. The van der Waals surface area contributed by atoms with E-state index < -0.39 is 0 Å². The number of ether oxygens (including phenoxy) is 1. The second kappa shape index (κ2) is 3.86. The lowest BCUT2D eigenvalue weighted by Gasteiger charge is -2.09. The van der Waals surface area contributed by atoms with Crippen LogP contribution in [-0.4, -0.2) is 0 Å². The Labute approximate surface area is 94.7 Å². The predicted molar refractivity (Wildman–Crippen MR) is 66.4 cm³/mol. The molecule has 0 fully saturated rings. The zero-order valence-corrected chi connectivity index (χ0v) is 8.89. The Hall–Kier alpha value is -2.02. The molecule has 1 aliphatic rings. The van der Waals surface area contributed by atoms with E-state index in [9.17, 15) is 0 Å². The number of hydrogen-bond acceptors (Lipinski definition) is 1. The Morgan fingerprint density at radius 2 is 1.81 bits per heavy atom. The molecule has 2 aromatic rings. The maximum absolute atomic E-state index is 5.89. The van der Waals surface area contributed by atoms with Crippen LogP contribution in [-0.2, 0) is 0 Å². The van der Waals surface area contributed by atoms with Gasteiger partial charge in [0.25, 0.3) is 0 Å². The van der Waals surface area contributed by atoms with Gasteiger partial charge in [-0.05, 0) is 17.5 Å². The average Bonchev–Trinajstić information content (AvgIpc) is 2.82. The summed E-state index contributed by atoms with van der Waals surface area (Å²) in [6.07, 6.45) is 7.03. The van der Waals surface area contributed by atoms with Gasteiger partial charge in [0, 0.05) is 11.8 Å². The molecule has 0 unspecified atom stereocenters. The fraction of sp³-hybridized carbons (Fsp3) is 0.0667. The smallest absolute Gasteiger partial charge is 0.134 e. The molecule has 16 heavy (non-hydrogen) atoms. The quantitative estimate of drug-likeness (QED) is 0.723. The monoisotopic (exact) mass is 208 g/mol. The number of allylic oxidation sites excluding steroid dienone is 3. The van der Waals surface area contributed by atoms with E-state index in [1.54, 1.807) is 0 Å². The second-order valence-electron chi connectivity index (χ2n) is 3.84. The molecule has 0 bridgehead atoms. The lowest BCUT2D eigenvalue weighted by atomic mass is 10.1. The van der Waals surface area contributed by atoms with Crippen LogP contribution in [0.5, 0.6) is 5.75 Å². The fourth-order valence-corrected chi connectivity index (χ4v) is 1.93. The molecule has 0 saturated heterocycles. The van der Waals surface area contributed by atoms with E-state index in [0.29, 0.717) is 0 Å². The van der Waals surface area contributed by atoms with Gasteiger partial charge in [0.15, 0.2) is 0 Å². The van der Waals surface area contributed by atoms with Gasteiger partial charge in [-0.3, -0.25) is 0 Å². The molecule has 0 N–H and O–H groups in total. The first-order valence-electron chi connectivity index (χ1n) is 5.45. The summed E-state index contributed by atoms with van der Waals surface area (Å²) in [7, 11) is 0. The summed E-state index contributed by atoms with van der Waals surface area (Å²) in [6.45, 7) is 0. The van der Waals surface area contributed by atoms with E-state index in [2.05, 4.69) is 24.3 Å². The summed E-state index contributed by atoms with van der Waals surface area (Å²) >= 11 is 0. The van der Waals surface area contributed by atoms with Crippen molar-refractivity contribution in [3.05, 3.63) is 66.5 Å². The average molecular weight is 208 g/mol. The van der Waals surface area contributed by atoms with Gasteiger partial charge in [-0.2, -0.15) is 0 Å². The minimum Gasteiger partial charge on any atom is -0.461 e. The Bertz CT molecular complexity index is 574. The summed E-state index contributed by atoms with van der Waals surface area (Å²) in [5.41, 5.74) is 0. The van der Waals surface area contributed by atoms with Crippen molar-refractivity contribution in [1.29, 1.82) is 0 Å². The highest BCUT2D eigenvalue weighted by atomic mass is 16.5. The van der Waals surface area contributed by atoms with Crippen molar-refractivity contribution in [3.63, 3.8) is 0 Å². The number of rotatable bonds is 2. The van der Waals surface area contributed by atoms with Crippen LogP contribution in [0.3, 0.4) is 0 Å². The van der Waals surface area contributed by atoms with Gasteiger partial charge in [0.2, 0.25) is 0 Å². The van der Waals surface area contributed by atoms with Gasteiger partial charge in [-0.15, -0.1) is 0 Å². The first-order valence-corrected chi connectivity index (χ1v) is 5.45. The maximum atomic E-state index is 5.89. The first kappa shape index (κ1) is 9.22. The summed E-state index contributed by atoms with van der Waals surface area (Å²) < 4.78 is 5.89. The summed E-state index contributed by atoms with van der Waals surface area (Å²) in [5.74, 6) is 1.95. The van der Waals surface area contributed by atoms with Crippen molar-refractivity contribution in [2.75, 3.05) is 0 Å². The third kappa shape index (κ3) is 1.61. The molecule has 0 atom stereocenters. The minimum absolute atomic E-state index is 0.892. The van der Waals surface area contributed by atoms with Crippen LogP contribution >= 0.6 is 0 Å². The van der Waals surface area contributed by atoms with Crippen LogP contribution in [0.15, 0.2) is 66.5 Å². The summed E-state index contributed by atoms with van der Waals surface area (Å²) in [6, 6.07) is 14.4. The first-order chi connectivity index (χ1) is 7.93. The highest BCUT2D eigenvalue weighted by molar-refractivity contribution is 5.88. The molecule has 0 saturated carbocycles. The molecule has 0 aliphatic heterocycles. The Morgan fingerprint density at radius 3 is 2.69 bits per heavy atom. The fourth-order valence-electron chi connectivity index (χ4n) is 1.93. The lowest BCUT2D eigenvalue weighted by molar-refractivity contribution is 0.423. The van der Waals surface area contributed by atoms with Gasteiger partial charge in [-0.25, -0.2) is 0 Å².